The fourth-order valence-electron chi connectivity index (χ4n) is 5.27. The molecule has 0 aliphatic carbocycles. The molecule has 0 saturated carbocycles. The van der Waals surface area contributed by atoms with Crippen molar-refractivity contribution in [2.24, 2.45) is 5.92 Å². The zero-order valence-corrected chi connectivity index (χ0v) is 23.9. The number of phenolic OH excluding ortho intramolecular Hbond substituents is 1. The number of nitrogens with zero attached hydrogens (tertiary/aromatic N) is 7. The van der Waals surface area contributed by atoms with Crippen LogP contribution in [0.15, 0.2) is 55.1 Å². The summed E-state index contributed by atoms with van der Waals surface area (Å²) in [6.07, 6.45) is 9.82. The lowest BCUT2D eigenvalue weighted by molar-refractivity contribution is -0.122. The predicted molar refractivity (Wildman–Crippen MR) is 158 cm³/mol. The number of hydrogen-bond donors (Lipinski definition) is 3. The van der Waals surface area contributed by atoms with Gasteiger partial charge in [-0.25, -0.2) is 9.97 Å². The molecular weight excluding hydrogens is 538 g/mol. The second-order valence-corrected chi connectivity index (χ2v) is 11.5. The molecule has 5 heterocycles. The maximum absolute atomic E-state index is 12.5. The van der Waals surface area contributed by atoms with Crippen LogP contribution >= 0.6 is 11.5 Å². The third-order valence-electron chi connectivity index (χ3n) is 7.24. The lowest BCUT2D eigenvalue weighted by Gasteiger charge is -2.30. The topological polar surface area (TPSA) is 126 Å². The number of rotatable bonds is 9. The standard InChI is InChI=1S/C29H33N9O2S/c1-19-6-5-9-36(14-19)17-23-10-27(41-35-23)34-28-29-31-13-24(38(29)15-20(2)33-28)22-12-32-37(16-22)18-26(40)30-11-21-7-3-4-8-25(21)39/h3-4,7-8,10,12-13,15-16,19,39H,5-6,9,11,14,17-18H2,1-2H3,(H,30,40)(H,33,34). The van der Waals surface area contributed by atoms with Gasteiger partial charge in [-0.1, -0.05) is 25.1 Å². The summed E-state index contributed by atoms with van der Waals surface area (Å²) in [5.74, 6) is 1.35. The van der Waals surface area contributed by atoms with Gasteiger partial charge in [0.1, 0.15) is 17.3 Å². The summed E-state index contributed by atoms with van der Waals surface area (Å²) >= 11 is 1.43. The van der Waals surface area contributed by atoms with Gasteiger partial charge >= 0.3 is 0 Å². The fraction of sp³-hybridized carbons (Fsp3) is 0.345. The van der Waals surface area contributed by atoms with Crippen molar-refractivity contribution in [1.29, 1.82) is 0 Å². The number of aromatic hydroxyl groups is 1. The number of hydrogen-bond acceptors (Lipinski definition) is 9. The number of benzene rings is 1. The van der Waals surface area contributed by atoms with Gasteiger partial charge < -0.3 is 15.7 Å². The number of nitrogens with one attached hydrogen (secondary N) is 2. The Labute approximate surface area is 242 Å². The number of aryl methyl sites for hydroxylation is 1. The number of para-hydroxylation sites is 1. The van der Waals surface area contributed by atoms with Gasteiger partial charge in [-0.05, 0) is 55.9 Å². The second-order valence-electron chi connectivity index (χ2n) is 10.7. The van der Waals surface area contributed by atoms with Crippen molar-refractivity contribution in [2.45, 2.75) is 46.3 Å². The maximum atomic E-state index is 12.5. The van der Waals surface area contributed by atoms with Crippen molar-refractivity contribution in [3.05, 3.63) is 72.1 Å². The van der Waals surface area contributed by atoms with Crippen LogP contribution in [0.1, 0.15) is 36.7 Å². The average Bonchev–Trinajstić information content (AvgIpc) is 3.68. The number of carbonyl (C=O) groups is 1. The molecule has 3 N–H and O–H groups in total. The number of likely N-dealkylation sites (tertiary alicyclic amines) is 1. The molecule has 1 atom stereocenters. The normalized spacial score (nSPS) is 15.8. The molecular formula is C29H33N9O2S. The van der Waals surface area contributed by atoms with E-state index in [1.807, 2.05) is 29.8 Å². The maximum Gasteiger partial charge on any atom is 0.242 e. The van der Waals surface area contributed by atoms with Crippen LogP contribution in [0, 0.1) is 12.8 Å². The molecule has 0 spiro atoms. The molecule has 1 unspecified atom stereocenters. The Morgan fingerprint density at radius 2 is 2.10 bits per heavy atom. The Morgan fingerprint density at radius 1 is 1.22 bits per heavy atom. The Morgan fingerprint density at radius 3 is 2.95 bits per heavy atom. The number of carbonyl (C=O) groups excluding carboxylic acids is 1. The van der Waals surface area contributed by atoms with E-state index in [0.29, 0.717) is 17.0 Å². The molecule has 1 amide bonds. The van der Waals surface area contributed by atoms with Crippen LogP contribution < -0.4 is 10.6 Å². The van der Waals surface area contributed by atoms with Crippen molar-refractivity contribution >= 4 is 33.9 Å². The summed E-state index contributed by atoms with van der Waals surface area (Å²) in [5, 5.41) is 21.5. The van der Waals surface area contributed by atoms with Gasteiger partial charge in [0.15, 0.2) is 11.5 Å². The molecule has 12 heteroatoms. The minimum atomic E-state index is -0.202. The van der Waals surface area contributed by atoms with Crippen LogP contribution in [0.3, 0.4) is 0 Å². The van der Waals surface area contributed by atoms with Crippen molar-refractivity contribution < 1.29 is 9.90 Å². The third-order valence-corrected chi connectivity index (χ3v) is 7.98. The number of anilines is 2. The quantitative estimate of drug-likeness (QED) is 0.238. The van der Waals surface area contributed by atoms with E-state index in [0.717, 1.165) is 53.2 Å². The first kappa shape index (κ1) is 26.9. The van der Waals surface area contributed by atoms with Crippen molar-refractivity contribution in [3.8, 4) is 17.0 Å². The highest BCUT2D eigenvalue weighted by Gasteiger charge is 2.19. The summed E-state index contributed by atoms with van der Waals surface area (Å²) in [6, 6.07) is 9.04. The van der Waals surface area contributed by atoms with Gasteiger partial charge in [0, 0.05) is 43.2 Å². The first-order valence-corrected chi connectivity index (χ1v) is 14.5. The molecule has 5 aromatic rings. The first-order chi connectivity index (χ1) is 19.9. The number of fused-ring (bicyclic) bond motifs is 1. The van der Waals surface area contributed by atoms with E-state index in [9.17, 15) is 9.90 Å². The number of imidazole rings is 1. The average molecular weight is 572 g/mol. The summed E-state index contributed by atoms with van der Waals surface area (Å²) in [7, 11) is 0. The number of aromatic nitrogens is 6. The lowest BCUT2D eigenvalue weighted by Crippen LogP contribution is -2.33. The molecule has 11 nitrogen and oxygen atoms in total. The van der Waals surface area contributed by atoms with Crippen LogP contribution in [0.2, 0.25) is 0 Å². The highest BCUT2D eigenvalue weighted by Crippen LogP contribution is 2.28. The Balaban J connectivity index is 1.14. The summed E-state index contributed by atoms with van der Waals surface area (Å²) < 4.78 is 8.25. The van der Waals surface area contributed by atoms with E-state index in [2.05, 4.69) is 43.0 Å². The minimum Gasteiger partial charge on any atom is -0.508 e. The van der Waals surface area contributed by atoms with E-state index >= 15 is 0 Å². The molecule has 1 aromatic carbocycles. The van der Waals surface area contributed by atoms with E-state index in [1.165, 1.54) is 24.4 Å². The number of phenols is 1. The zero-order valence-electron chi connectivity index (χ0n) is 23.1. The highest BCUT2D eigenvalue weighted by molar-refractivity contribution is 7.10. The second kappa shape index (κ2) is 11.7. The van der Waals surface area contributed by atoms with E-state index < -0.39 is 0 Å². The third kappa shape index (κ3) is 6.23. The molecule has 0 bridgehead atoms. The van der Waals surface area contributed by atoms with Gasteiger partial charge in [0.25, 0.3) is 0 Å². The molecule has 1 fully saturated rings. The summed E-state index contributed by atoms with van der Waals surface area (Å²) in [4.78, 5) is 24.4. The van der Waals surface area contributed by atoms with Crippen molar-refractivity contribution in [2.75, 3.05) is 18.4 Å². The Bertz CT molecular complexity index is 1670. The number of piperidine rings is 1. The van der Waals surface area contributed by atoms with Crippen molar-refractivity contribution in [1.82, 2.24) is 38.7 Å². The van der Waals surface area contributed by atoms with Crippen LogP contribution in [-0.4, -0.2) is 57.5 Å². The van der Waals surface area contributed by atoms with Gasteiger partial charge in [-0.15, -0.1) is 0 Å². The van der Waals surface area contributed by atoms with Crippen LogP contribution in [-0.2, 0) is 24.4 Å². The van der Waals surface area contributed by atoms with E-state index in [4.69, 9.17) is 4.98 Å². The van der Waals surface area contributed by atoms with Crippen LogP contribution in [0.4, 0.5) is 10.8 Å². The first-order valence-electron chi connectivity index (χ1n) is 13.8. The van der Waals surface area contributed by atoms with E-state index in [-0.39, 0.29) is 24.7 Å². The summed E-state index contributed by atoms with van der Waals surface area (Å²) in [6.45, 7) is 7.68. The smallest absolute Gasteiger partial charge is 0.242 e. The summed E-state index contributed by atoms with van der Waals surface area (Å²) in [5.41, 5.74) is 4.93. The molecule has 41 heavy (non-hydrogen) atoms. The lowest BCUT2D eigenvalue weighted by atomic mass is 10.0. The molecule has 4 aromatic heterocycles. The van der Waals surface area contributed by atoms with Crippen LogP contribution in [0.5, 0.6) is 5.75 Å². The van der Waals surface area contributed by atoms with Gasteiger partial charge in [0.2, 0.25) is 5.91 Å². The molecule has 1 aliphatic rings. The molecule has 1 saturated heterocycles. The SMILES string of the molecule is Cc1cn2c(-c3cnn(CC(=O)NCc4ccccc4O)c3)cnc2c(Nc2cc(CN3CCCC(C)C3)ns2)n1. The fourth-order valence-corrected chi connectivity index (χ4v) is 5.92. The molecule has 212 valence electrons. The highest BCUT2D eigenvalue weighted by atomic mass is 32.1. The van der Waals surface area contributed by atoms with E-state index in [1.54, 1.807) is 35.3 Å². The molecule has 1 aliphatic heterocycles. The predicted octanol–water partition coefficient (Wildman–Crippen LogP) is 4.36. The van der Waals surface area contributed by atoms with Crippen molar-refractivity contribution in [3.63, 3.8) is 0 Å². The largest absolute Gasteiger partial charge is 0.508 e. The zero-order chi connectivity index (χ0) is 28.3. The number of amides is 1. The van der Waals surface area contributed by atoms with Gasteiger partial charge in [0.05, 0.1) is 29.5 Å². The van der Waals surface area contributed by atoms with Crippen LogP contribution in [0.25, 0.3) is 16.9 Å². The monoisotopic (exact) mass is 571 g/mol. The Hall–Kier alpha value is -4.29. The van der Waals surface area contributed by atoms with Gasteiger partial charge in [-0.2, -0.15) is 9.47 Å². The minimum absolute atomic E-state index is 0.0573. The molecule has 0 radical (unpaired) electrons. The Kier molecular flexibility index (Phi) is 7.66. The van der Waals surface area contributed by atoms with Gasteiger partial charge in [-0.3, -0.25) is 18.8 Å². The molecule has 6 rings (SSSR count).